The molecule has 0 spiro atoms. The topological polar surface area (TPSA) is 66.4 Å². The van der Waals surface area contributed by atoms with Crippen molar-refractivity contribution < 1.29 is 14.7 Å². The second-order valence-corrected chi connectivity index (χ2v) is 3.53. The average Bonchev–Trinajstić information content (AvgIpc) is 2.34. The molecule has 0 aliphatic heterocycles. The number of carbonyl (C=O) groups excluding carboxylic acids is 2. The second-order valence-electron chi connectivity index (χ2n) is 3.53. The molecule has 0 unspecified atom stereocenters. The predicted octanol–water partition coefficient (Wildman–Crippen LogP) is 1.01. The zero-order valence-electron chi connectivity index (χ0n) is 9.64. The van der Waals surface area contributed by atoms with Gasteiger partial charge >= 0.3 is 0 Å². The Kier molecular flexibility index (Phi) is 5.10. The van der Waals surface area contributed by atoms with Gasteiger partial charge in [0.1, 0.15) is 0 Å². The van der Waals surface area contributed by atoms with Crippen LogP contribution in [0.5, 0.6) is 0 Å². The Bertz CT molecular complexity index is 421. The van der Waals surface area contributed by atoms with E-state index in [4.69, 9.17) is 5.11 Å². The smallest absolute Gasteiger partial charge is 0.244 e. The lowest BCUT2D eigenvalue weighted by atomic mass is 10.1. The molecule has 0 fully saturated rings. The van der Waals surface area contributed by atoms with Crippen LogP contribution in [0.3, 0.4) is 0 Å². The molecule has 0 saturated heterocycles. The molecule has 0 aliphatic rings. The monoisotopic (exact) mass is 233 g/mol. The lowest BCUT2D eigenvalue weighted by Gasteiger charge is -1.98. The van der Waals surface area contributed by atoms with Gasteiger partial charge in [0.15, 0.2) is 5.78 Å². The summed E-state index contributed by atoms with van der Waals surface area (Å²) in [6.45, 7) is 1.67. The van der Waals surface area contributed by atoms with Gasteiger partial charge in [-0.1, -0.05) is 24.3 Å². The van der Waals surface area contributed by atoms with Crippen LogP contribution in [-0.2, 0) is 4.79 Å². The summed E-state index contributed by atoms with van der Waals surface area (Å²) in [5.74, 6) is -0.240. The minimum atomic E-state index is -0.255. The van der Waals surface area contributed by atoms with Crippen molar-refractivity contribution in [2.24, 2.45) is 0 Å². The van der Waals surface area contributed by atoms with Gasteiger partial charge in [-0.2, -0.15) is 0 Å². The molecule has 17 heavy (non-hydrogen) atoms. The summed E-state index contributed by atoms with van der Waals surface area (Å²) >= 11 is 0. The van der Waals surface area contributed by atoms with Crippen LogP contribution in [0, 0.1) is 0 Å². The van der Waals surface area contributed by atoms with Crippen LogP contribution in [0.15, 0.2) is 30.3 Å². The Morgan fingerprint density at radius 3 is 2.47 bits per heavy atom. The number of carbonyl (C=O) groups is 2. The Morgan fingerprint density at radius 1 is 1.29 bits per heavy atom. The molecule has 4 nitrogen and oxygen atoms in total. The highest BCUT2D eigenvalue weighted by atomic mass is 16.3. The molecule has 1 amide bonds. The van der Waals surface area contributed by atoms with Crippen molar-refractivity contribution in [3.05, 3.63) is 41.5 Å². The molecule has 1 aromatic rings. The molecule has 2 N–H and O–H groups in total. The summed E-state index contributed by atoms with van der Waals surface area (Å²) in [6, 6.07) is 6.97. The number of rotatable bonds is 5. The third-order valence-electron chi connectivity index (χ3n) is 2.16. The van der Waals surface area contributed by atoms with Crippen LogP contribution in [-0.4, -0.2) is 29.9 Å². The van der Waals surface area contributed by atoms with E-state index in [2.05, 4.69) is 5.32 Å². The van der Waals surface area contributed by atoms with E-state index >= 15 is 0 Å². The minimum absolute atomic E-state index is 0.0150. The van der Waals surface area contributed by atoms with Crippen LogP contribution in [0.25, 0.3) is 6.08 Å². The number of hydrogen-bond donors (Lipinski definition) is 2. The van der Waals surface area contributed by atoms with Gasteiger partial charge in [0, 0.05) is 18.2 Å². The first-order valence-corrected chi connectivity index (χ1v) is 5.31. The minimum Gasteiger partial charge on any atom is -0.395 e. The van der Waals surface area contributed by atoms with Crippen molar-refractivity contribution in [1.29, 1.82) is 0 Å². The fraction of sp³-hybridized carbons (Fsp3) is 0.231. The Labute approximate surface area is 100.0 Å². The number of benzene rings is 1. The molecule has 0 bridgehead atoms. The molecular formula is C13H15NO3. The molecule has 0 atom stereocenters. The van der Waals surface area contributed by atoms with Crippen molar-refractivity contribution in [1.82, 2.24) is 5.32 Å². The molecule has 0 radical (unpaired) electrons. The van der Waals surface area contributed by atoms with Crippen LogP contribution >= 0.6 is 0 Å². The highest BCUT2D eigenvalue weighted by Gasteiger charge is 1.97. The fourth-order valence-corrected chi connectivity index (χ4v) is 1.24. The number of hydrogen-bond acceptors (Lipinski definition) is 3. The van der Waals surface area contributed by atoms with Gasteiger partial charge in [-0.05, 0) is 18.6 Å². The fourth-order valence-electron chi connectivity index (χ4n) is 1.24. The van der Waals surface area contributed by atoms with E-state index in [0.717, 1.165) is 5.56 Å². The number of aliphatic hydroxyl groups is 1. The Hall–Kier alpha value is -1.94. The summed E-state index contributed by atoms with van der Waals surface area (Å²) in [7, 11) is 0. The molecule has 1 aromatic carbocycles. The predicted molar refractivity (Wildman–Crippen MR) is 65.6 cm³/mol. The molecule has 1 rings (SSSR count). The lowest BCUT2D eigenvalue weighted by molar-refractivity contribution is -0.116. The Balaban J connectivity index is 2.59. The molecule has 0 saturated carbocycles. The quantitative estimate of drug-likeness (QED) is 0.589. The lowest BCUT2D eigenvalue weighted by Crippen LogP contribution is -2.24. The number of aliphatic hydroxyl groups excluding tert-OH is 1. The van der Waals surface area contributed by atoms with Crippen molar-refractivity contribution >= 4 is 17.8 Å². The van der Waals surface area contributed by atoms with E-state index in [1.165, 1.54) is 13.0 Å². The van der Waals surface area contributed by atoms with Gasteiger partial charge in [0.25, 0.3) is 0 Å². The Morgan fingerprint density at radius 2 is 1.94 bits per heavy atom. The van der Waals surface area contributed by atoms with E-state index in [1.54, 1.807) is 30.3 Å². The van der Waals surface area contributed by atoms with E-state index < -0.39 is 0 Å². The van der Waals surface area contributed by atoms with Crippen molar-refractivity contribution in [3.8, 4) is 0 Å². The van der Waals surface area contributed by atoms with Gasteiger partial charge in [0.05, 0.1) is 6.61 Å². The highest BCUT2D eigenvalue weighted by Crippen LogP contribution is 2.06. The molecule has 0 aromatic heterocycles. The van der Waals surface area contributed by atoms with Gasteiger partial charge in [0.2, 0.25) is 5.91 Å². The van der Waals surface area contributed by atoms with Crippen molar-refractivity contribution in [2.75, 3.05) is 13.2 Å². The number of nitrogens with one attached hydrogen (secondary N) is 1. The molecule has 0 heterocycles. The summed E-state index contributed by atoms with van der Waals surface area (Å²) in [5, 5.41) is 11.0. The maximum Gasteiger partial charge on any atom is 0.244 e. The maximum absolute atomic E-state index is 11.2. The first-order valence-electron chi connectivity index (χ1n) is 5.31. The number of ketones is 1. The average molecular weight is 233 g/mol. The van der Waals surface area contributed by atoms with E-state index in [1.807, 2.05) is 0 Å². The molecule has 90 valence electrons. The largest absolute Gasteiger partial charge is 0.395 e. The third kappa shape index (κ3) is 4.61. The van der Waals surface area contributed by atoms with E-state index in [0.29, 0.717) is 5.56 Å². The second kappa shape index (κ2) is 6.60. The SMILES string of the molecule is CC(=O)c1ccc(/C=C/C(=O)NCCO)cc1. The zero-order valence-corrected chi connectivity index (χ0v) is 9.64. The summed E-state index contributed by atoms with van der Waals surface area (Å²) in [5.41, 5.74) is 1.49. The van der Waals surface area contributed by atoms with Crippen molar-refractivity contribution in [3.63, 3.8) is 0 Å². The highest BCUT2D eigenvalue weighted by molar-refractivity contribution is 5.94. The molecular weight excluding hydrogens is 218 g/mol. The van der Waals surface area contributed by atoms with Gasteiger partial charge in [-0.25, -0.2) is 0 Å². The van der Waals surface area contributed by atoms with Crippen molar-refractivity contribution in [2.45, 2.75) is 6.92 Å². The summed E-state index contributed by atoms with van der Waals surface area (Å²) in [4.78, 5) is 22.2. The van der Waals surface area contributed by atoms with Crippen LogP contribution in [0.2, 0.25) is 0 Å². The standard InChI is InChI=1S/C13H15NO3/c1-10(16)12-5-2-11(3-6-12)4-7-13(17)14-8-9-15/h2-7,15H,8-9H2,1H3,(H,14,17)/b7-4+. The summed E-state index contributed by atoms with van der Waals surface area (Å²) < 4.78 is 0. The molecule has 0 aliphatic carbocycles. The first-order chi connectivity index (χ1) is 8.13. The maximum atomic E-state index is 11.2. The molecule has 4 heteroatoms. The van der Waals surface area contributed by atoms with Gasteiger partial charge < -0.3 is 10.4 Å². The van der Waals surface area contributed by atoms with Crippen LogP contribution in [0.4, 0.5) is 0 Å². The zero-order chi connectivity index (χ0) is 12.7. The number of Topliss-reactive ketones (excluding diaryl/α,β-unsaturated/α-hetero) is 1. The normalized spacial score (nSPS) is 10.5. The summed E-state index contributed by atoms with van der Waals surface area (Å²) in [6.07, 6.45) is 3.04. The van der Waals surface area contributed by atoms with Crippen LogP contribution < -0.4 is 5.32 Å². The van der Waals surface area contributed by atoms with E-state index in [-0.39, 0.29) is 24.8 Å². The third-order valence-corrected chi connectivity index (χ3v) is 2.16. The number of amides is 1. The van der Waals surface area contributed by atoms with Gasteiger partial charge in [-0.15, -0.1) is 0 Å². The van der Waals surface area contributed by atoms with Gasteiger partial charge in [-0.3, -0.25) is 9.59 Å². The first kappa shape index (κ1) is 13.1. The van der Waals surface area contributed by atoms with Crippen LogP contribution in [0.1, 0.15) is 22.8 Å². The van der Waals surface area contributed by atoms with E-state index in [9.17, 15) is 9.59 Å².